The number of ether oxygens (including phenoxy) is 1. The van der Waals surface area contributed by atoms with E-state index in [-0.39, 0.29) is 24.0 Å². The van der Waals surface area contributed by atoms with E-state index in [1.807, 2.05) is 6.07 Å². The van der Waals surface area contributed by atoms with Gasteiger partial charge < -0.3 is 19.9 Å². The minimum absolute atomic E-state index is 0. The zero-order chi connectivity index (χ0) is 21.9. The van der Waals surface area contributed by atoms with E-state index in [1.165, 1.54) is 16.0 Å². The first kappa shape index (κ1) is 26.1. The number of aliphatic imine (C=N–C) groups is 1. The van der Waals surface area contributed by atoms with Gasteiger partial charge in [-0.1, -0.05) is 30.7 Å². The van der Waals surface area contributed by atoms with Crippen molar-refractivity contribution < 1.29 is 4.74 Å². The van der Waals surface area contributed by atoms with Crippen molar-refractivity contribution in [2.45, 2.75) is 39.7 Å². The van der Waals surface area contributed by atoms with E-state index < -0.39 is 0 Å². The Morgan fingerprint density at radius 1 is 1.19 bits per heavy atom. The van der Waals surface area contributed by atoms with Crippen molar-refractivity contribution in [1.82, 2.24) is 25.4 Å². The highest BCUT2D eigenvalue weighted by atomic mass is 127. The van der Waals surface area contributed by atoms with Crippen molar-refractivity contribution in [1.29, 1.82) is 0 Å². The van der Waals surface area contributed by atoms with Crippen molar-refractivity contribution in [3.63, 3.8) is 0 Å². The number of halogens is 1. The zero-order valence-electron chi connectivity index (χ0n) is 19.0. The van der Waals surface area contributed by atoms with Crippen molar-refractivity contribution in [2.75, 3.05) is 26.7 Å². The maximum atomic E-state index is 5.51. The van der Waals surface area contributed by atoms with Crippen molar-refractivity contribution in [3.8, 4) is 5.75 Å². The fourth-order valence-electron chi connectivity index (χ4n) is 3.36. The van der Waals surface area contributed by atoms with Gasteiger partial charge in [0, 0.05) is 43.9 Å². The highest BCUT2D eigenvalue weighted by molar-refractivity contribution is 14.0. The van der Waals surface area contributed by atoms with Gasteiger partial charge in [-0.05, 0) is 36.4 Å². The monoisotopic (exact) mass is 568 g/mol. The Bertz CT molecular complexity index is 957. The molecule has 2 aromatic heterocycles. The Kier molecular flexibility index (Phi) is 11.5. The Balaban J connectivity index is 0.00000363. The number of benzene rings is 1. The molecule has 0 spiro atoms. The van der Waals surface area contributed by atoms with Crippen LogP contribution in [-0.4, -0.2) is 47.5 Å². The van der Waals surface area contributed by atoms with Gasteiger partial charge in [0.15, 0.2) is 5.96 Å². The molecule has 3 rings (SSSR count). The van der Waals surface area contributed by atoms with E-state index in [0.29, 0.717) is 0 Å². The second-order valence-corrected chi connectivity index (χ2v) is 8.30. The molecule has 0 saturated heterocycles. The summed E-state index contributed by atoms with van der Waals surface area (Å²) in [5.74, 6) is 2.75. The molecule has 32 heavy (non-hydrogen) atoms. The number of nitrogens with zero attached hydrogens (tertiary/aromatic N) is 4. The molecule has 0 bridgehead atoms. The Morgan fingerprint density at radius 3 is 2.78 bits per heavy atom. The predicted molar refractivity (Wildman–Crippen MR) is 143 cm³/mol. The van der Waals surface area contributed by atoms with Gasteiger partial charge in [-0.25, -0.2) is 0 Å². The molecule has 0 aliphatic heterocycles. The van der Waals surface area contributed by atoms with Crippen molar-refractivity contribution in [2.24, 2.45) is 4.99 Å². The minimum atomic E-state index is 0. The van der Waals surface area contributed by atoms with E-state index in [2.05, 4.69) is 68.9 Å². The molecule has 7 nitrogen and oxygen atoms in total. The van der Waals surface area contributed by atoms with Crippen LogP contribution in [0.25, 0.3) is 0 Å². The van der Waals surface area contributed by atoms with Crippen LogP contribution in [0.15, 0.2) is 47.0 Å². The van der Waals surface area contributed by atoms with Crippen molar-refractivity contribution in [3.05, 3.63) is 63.9 Å². The number of guanidine groups is 1. The SMILES string of the molecule is CCc1nncn1CCNC(=NCCc1cccs1)NCCc1cc(C)ccc1OC.I. The summed E-state index contributed by atoms with van der Waals surface area (Å²) < 4.78 is 7.58. The molecule has 2 N–H and O–H groups in total. The average Bonchev–Trinajstić information content (AvgIpc) is 3.45. The largest absolute Gasteiger partial charge is 0.496 e. The zero-order valence-corrected chi connectivity index (χ0v) is 22.2. The van der Waals surface area contributed by atoms with Crippen LogP contribution in [0.4, 0.5) is 0 Å². The lowest BCUT2D eigenvalue weighted by atomic mass is 10.1. The van der Waals surface area contributed by atoms with E-state index in [9.17, 15) is 0 Å². The number of aromatic nitrogens is 3. The van der Waals surface area contributed by atoms with Crippen LogP contribution in [0, 0.1) is 6.92 Å². The van der Waals surface area contributed by atoms with Crippen LogP contribution < -0.4 is 15.4 Å². The maximum absolute atomic E-state index is 5.51. The Hall–Kier alpha value is -2.14. The smallest absolute Gasteiger partial charge is 0.191 e. The molecular weight excluding hydrogens is 535 g/mol. The first-order valence-corrected chi connectivity index (χ1v) is 11.6. The van der Waals surface area contributed by atoms with E-state index >= 15 is 0 Å². The lowest BCUT2D eigenvalue weighted by Gasteiger charge is -2.15. The van der Waals surface area contributed by atoms with Crippen LogP contribution in [0.2, 0.25) is 0 Å². The topological polar surface area (TPSA) is 76.4 Å². The number of aryl methyl sites for hydroxylation is 2. The molecule has 0 aliphatic carbocycles. The summed E-state index contributed by atoms with van der Waals surface area (Å²) in [5, 5.41) is 17.2. The molecule has 0 amide bonds. The molecule has 1 aromatic carbocycles. The van der Waals surface area contributed by atoms with Gasteiger partial charge in [-0.15, -0.1) is 45.5 Å². The second-order valence-electron chi connectivity index (χ2n) is 7.27. The molecule has 2 heterocycles. The van der Waals surface area contributed by atoms with Crippen LogP contribution in [0.5, 0.6) is 5.75 Å². The predicted octanol–water partition coefficient (Wildman–Crippen LogP) is 3.86. The molecule has 3 aromatic rings. The molecule has 0 atom stereocenters. The van der Waals surface area contributed by atoms with Gasteiger partial charge in [0.05, 0.1) is 7.11 Å². The van der Waals surface area contributed by atoms with Gasteiger partial charge in [0.1, 0.15) is 17.9 Å². The average molecular weight is 569 g/mol. The molecule has 9 heteroatoms. The molecule has 0 unspecified atom stereocenters. The molecule has 174 valence electrons. The Morgan fingerprint density at radius 2 is 2.03 bits per heavy atom. The molecule has 0 saturated carbocycles. The minimum Gasteiger partial charge on any atom is -0.496 e. The summed E-state index contributed by atoms with van der Waals surface area (Å²) in [5.41, 5.74) is 2.43. The number of rotatable bonds is 11. The summed E-state index contributed by atoms with van der Waals surface area (Å²) in [6, 6.07) is 10.5. The number of nitrogens with one attached hydrogen (secondary N) is 2. The summed E-state index contributed by atoms with van der Waals surface area (Å²) in [6.45, 7) is 7.27. The summed E-state index contributed by atoms with van der Waals surface area (Å²) >= 11 is 1.77. The summed E-state index contributed by atoms with van der Waals surface area (Å²) in [6.07, 6.45) is 4.47. The van der Waals surface area contributed by atoms with Crippen molar-refractivity contribution >= 4 is 41.3 Å². The van der Waals surface area contributed by atoms with Gasteiger partial charge in [-0.2, -0.15) is 0 Å². The van der Waals surface area contributed by atoms with Crippen LogP contribution in [0.3, 0.4) is 0 Å². The lowest BCUT2D eigenvalue weighted by molar-refractivity contribution is 0.409. The summed E-state index contributed by atoms with van der Waals surface area (Å²) in [7, 11) is 1.72. The summed E-state index contributed by atoms with van der Waals surface area (Å²) in [4.78, 5) is 6.13. The molecule has 0 aliphatic rings. The van der Waals surface area contributed by atoms with Gasteiger partial charge in [-0.3, -0.25) is 4.99 Å². The van der Waals surface area contributed by atoms with E-state index in [0.717, 1.165) is 63.0 Å². The second kappa shape index (κ2) is 14.1. The van der Waals surface area contributed by atoms with E-state index in [4.69, 9.17) is 9.73 Å². The molecule has 0 radical (unpaired) electrons. The van der Waals surface area contributed by atoms with E-state index in [1.54, 1.807) is 24.8 Å². The number of hydrogen-bond acceptors (Lipinski definition) is 5. The number of thiophene rings is 1. The quantitative estimate of drug-likeness (QED) is 0.209. The maximum Gasteiger partial charge on any atom is 0.191 e. The highest BCUT2D eigenvalue weighted by Gasteiger charge is 2.06. The molecule has 0 fully saturated rings. The fourth-order valence-corrected chi connectivity index (χ4v) is 4.06. The first-order valence-electron chi connectivity index (χ1n) is 10.7. The Labute approximate surface area is 211 Å². The lowest BCUT2D eigenvalue weighted by Crippen LogP contribution is -2.40. The van der Waals surface area contributed by atoms with Crippen LogP contribution in [0.1, 0.15) is 28.8 Å². The normalized spacial score (nSPS) is 11.2. The van der Waals surface area contributed by atoms with Crippen LogP contribution >= 0.6 is 35.3 Å². The number of methoxy groups -OCH3 is 1. The third-order valence-corrected chi connectivity index (χ3v) is 5.92. The molecular formula is C23H33IN6OS. The number of hydrogen-bond donors (Lipinski definition) is 2. The fraction of sp³-hybridized carbons (Fsp3) is 0.435. The van der Waals surface area contributed by atoms with Crippen LogP contribution in [-0.2, 0) is 25.8 Å². The highest BCUT2D eigenvalue weighted by Crippen LogP contribution is 2.19. The van der Waals surface area contributed by atoms with Gasteiger partial charge in [0.2, 0.25) is 0 Å². The third-order valence-electron chi connectivity index (χ3n) is 4.99. The standard InChI is InChI=1S/C23H32N6OS.HI/c1-4-22-28-27-17-29(22)14-13-26-23(25-12-10-20-6-5-15-31-20)24-11-9-19-16-18(2)7-8-21(19)30-3;/h5-8,15-17H,4,9-14H2,1-3H3,(H2,24,25,26);1H. The third kappa shape index (κ3) is 8.09. The first-order chi connectivity index (χ1) is 15.2. The van der Waals surface area contributed by atoms with Gasteiger partial charge >= 0.3 is 0 Å². The van der Waals surface area contributed by atoms with Gasteiger partial charge in [0.25, 0.3) is 0 Å².